The molecule has 0 saturated carbocycles. The fourth-order valence-corrected chi connectivity index (χ4v) is 3.28. The van der Waals surface area contributed by atoms with Gasteiger partial charge in [-0.3, -0.25) is 4.90 Å². The van der Waals surface area contributed by atoms with Crippen LogP contribution in [0.25, 0.3) is 0 Å². The summed E-state index contributed by atoms with van der Waals surface area (Å²) >= 11 is 5.90. The minimum absolute atomic E-state index is 0.576. The summed E-state index contributed by atoms with van der Waals surface area (Å²) < 4.78 is 0. The van der Waals surface area contributed by atoms with Crippen molar-refractivity contribution in [3.8, 4) is 0 Å². The molecule has 2 nitrogen and oxygen atoms in total. The van der Waals surface area contributed by atoms with Crippen LogP contribution in [0.2, 0.25) is 5.02 Å². The molecule has 2 heterocycles. The van der Waals surface area contributed by atoms with E-state index in [9.17, 15) is 0 Å². The molecule has 1 aromatic carbocycles. The number of hydrogen-bond acceptors (Lipinski definition) is 2. The van der Waals surface area contributed by atoms with Crippen molar-refractivity contribution in [2.45, 2.75) is 19.4 Å². The lowest BCUT2D eigenvalue weighted by Gasteiger charge is -2.22. The van der Waals surface area contributed by atoms with Gasteiger partial charge in [-0.15, -0.1) is 0 Å². The molecule has 2 saturated heterocycles. The topological polar surface area (TPSA) is 15.3 Å². The fourth-order valence-electron chi connectivity index (χ4n) is 3.15. The molecule has 0 amide bonds. The van der Waals surface area contributed by atoms with Crippen LogP contribution < -0.4 is 5.32 Å². The fraction of sp³-hybridized carbons (Fsp3) is 0.571. The summed E-state index contributed by atoms with van der Waals surface area (Å²) in [6.07, 6.45) is 2.71. The van der Waals surface area contributed by atoms with E-state index in [-0.39, 0.29) is 0 Å². The SMILES string of the molecule is Clc1ccc(CN2CCC3(CCNC3)C2)cc1. The number of likely N-dealkylation sites (tertiary alicyclic amines) is 1. The lowest BCUT2D eigenvalue weighted by Crippen LogP contribution is -2.28. The van der Waals surface area contributed by atoms with E-state index in [2.05, 4.69) is 22.3 Å². The van der Waals surface area contributed by atoms with Gasteiger partial charge in [-0.2, -0.15) is 0 Å². The van der Waals surface area contributed by atoms with Gasteiger partial charge in [0, 0.05) is 24.7 Å². The van der Waals surface area contributed by atoms with Gasteiger partial charge in [-0.25, -0.2) is 0 Å². The monoisotopic (exact) mass is 250 g/mol. The van der Waals surface area contributed by atoms with Crippen LogP contribution in [0.3, 0.4) is 0 Å². The zero-order valence-corrected chi connectivity index (χ0v) is 10.8. The van der Waals surface area contributed by atoms with E-state index in [1.807, 2.05) is 12.1 Å². The second-order valence-corrected chi connectivity index (χ2v) is 5.95. The highest BCUT2D eigenvalue weighted by atomic mass is 35.5. The van der Waals surface area contributed by atoms with Crippen LogP contribution in [0.15, 0.2) is 24.3 Å². The van der Waals surface area contributed by atoms with Crippen LogP contribution in [0.5, 0.6) is 0 Å². The van der Waals surface area contributed by atoms with Gasteiger partial charge in [0.2, 0.25) is 0 Å². The number of nitrogens with one attached hydrogen (secondary N) is 1. The Morgan fingerprint density at radius 1 is 1.24 bits per heavy atom. The molecule has 3 heteroatoms. The summed E-state index contributed by atoms with van der Waals surface area (Å²) in [5.74, 6) is 0. The van der Waals surface area contributed by atoms with E-state index in [4.69, 9.17) is 11.6 Å². The molecule has 17 heavy (non-hydrogen) atoms. The molecule has 0 aromatic heterocycles. The molecular weight excluding hydrogens is 232 g/mol. The van der Waals surface area contributed by atoms with Gasteiger partial charge in [0.1, 0.15) is 0 Å². The molecule has 1 spiro atoms. The van der Waals surface area contributed by atoms with Gasteiger partial charge in [0.15, 0.2) is 0 Å². The Bertz CT molecular complexity index is 382. The van der Waals surface area contributed by atoms with Crippen LogP contribution in [0.1, 0.15) is 18.4 Å². The molecule has 1 aromatic rings. The number of halogens is 1. The summed E-state index contributed by atoms with van der Waals surface area (Å²) in [5, 5.41) is 4.33. The van der Waals surface area contributed by atoms with Crippen LogP contribution in [0, 0.1) is 5.41 Å². The summed E-state index contributed by atoms with van der Waals surface area (Å²) in [5.41, 5.74) is 1.95. The Kier molecular flexibility index (Phi) is 3.12. The van der Waals surface area contributed by atoms with E-state index >= 15 is 0 Å². The van der Waals surface area contributed by atoms with E-state index in [1.165, 1.54) is 44.6 Å². The Balaban J connectivity index is 1.62. The molecule has 1 N–H and O–H groups in total. The van der Waals surface area contributed by atoms with Crippen molar-refractivity contribution in [3.05, 3.63) is 34.9 Å². The van der Waals surface area contributed by atoms with E-state index in [0.29, 0.717) is 5.41 Å². The van der Waals surface area contributed by atoms with Crippen LogP contribution in [-0.2, 0) is 6.54 Å². The molecule has 0 radical (unpaired) electrons. The lowest BCUT2D eigenvalue weighted by molar-refractivity contribution is 0.268. The first kappa shape index (κ1) is 11.5. The Morgan fingerprint density at radius 3 is 2.76 bits per heavy atom. The first-order chi connectivity index (χ1) is 8.26. The Hall–Kier alpha value is -0.570. The summed E-state index contributed by atoms with van der Waals surface area (Å²) in [6.45, 7) is 5.98. The van der Waals surface area contributed by atoms with Crippen molar-refractivity contribution in [2.75, 3.05) is 26.2 Å². The second kappa shape index (κ2) is 4.60. The Labute approximate surface area is 108 Å². The lowest BCUT2D eigenvalue weighted by atomic mass is 9.87. The molecular formula is C14H19ClN2. The maximum atomic E-state index is 5.90. The smallest absolute Gasteiger partial charge is 0.0406 e. The van der Waals surface area contributed by atoms with Crippen LogP contribution in [0.4, 0.5) is 0 Å². The average Bonchev–Trinajstić information content (AvgIpc) is 2.94. The van der Waals surface area contributed by atoms with Crippen molar-refractivity contribution < 1.29 is 0 Å². The zero-order chi connectivity index (χ0) is 11.7. The van der Waals surface area contributed by atoms with Gasteiger partial charge in [0.05, 0.1) is 0 Å². The van der Waals surface area contributed by atoms with E-state index in [1.54, 1.807) is 0 Å². The van der Waals surface area contributed by atoms with Crippen LogP contribution in [-0.4, -0.2) is 31.1 Å². The first-order valence-corrected chi connectivity index (χ1v) is 6.81. The average molecular weight is 251 g/mol. The predicted molar refractivity (Wildman–Crippen MR) is 71.3 cm³/mol. The van der Waals surface area contributed by atoms with E-state index in [0.717, 1.165) is 11.6 Å². The Morgan fingerprint density at radius 2 is 2.06 bits per heavy atom. The summed E-state index contributed by atoms with van der Waals surface area (Å²) in [6, 6.07) is 8.25. The highest BCUT2D eigenvalue weighted by Gasteiger charge is 2.39. The van der Waals surface area contributed by atoms with Crippen molar-refractivity contribution in [1.29, 1.82) is 0 Å². The maximum absolute atomic E-state index is 5.90. The van der Waals surface area contributed by atoms with Gasteiger partial charge in [-0.1, -0.05) is 23.7 Å². The van der Waals surface area contributed by atoms with E-state index < -0.39 is 0 Å². The molecule has 1 unspecified atom stereocenters. The molecule has 1 atom stereocenters. The maximum Gasteiger partial charge on any atom is 0.0406 e. The third-order valence-electron chi connectivity index (χ3n) is 4.17. The van der Waals surface area contributed by atoms with Gasteiger partial charge in [-0.05, 0) is 49.0 Å². The number of rotatable bonds is 2. The third-order valence-corrected chi connectivity index (χ3v) is 4.42. The van der Waals surface area contributed by atoms with Crippen molar-refractivity contribution in [1.82, 2.24) is 10.2 Å². The van der Waals surface area contributed by atoms with Gasteiger partial charge in [0.25, 0.3) is 0 Å². The minimum atomic E-state index is 0.576. The van der Waals surface area contributed by atoms with Gasteiger partial charge < -0.3 is 5.32 Å². The molecule has 2 fully saturated rings. The normalized spacial score (nSPS) is 29.2. The molecule has 3 rings (SSSR count). The molecule has 92 valence electrons. The number of nitrogens with zero attached hydrogens (tertiary/aromatic N) is 1. The molecule has 0 aliphatic carbocycles. The van der Waals surface area contributed by atoms with Crippen molar-refractivity contribution >= 4 is 11.6 Å². The largest absolute Gasteiger partial charge is 0.316 e. The zero-order valence-electron chi connectivity index (χ0n) is 10.1. The quantitative estimate of drug-likeness (QED) is 0.868. The highest BCUT2D eigenvalue weighted by Crippen LogP contribution is 2.36. The van der Waals surface area contributed by atoms with Crippen molar-refractivity contribution in [3.63, 3.8) is 0 Å². The summed E-state index contributed by atoms with van der Waals surface area (Å²) in [7, 11) is 0. The standard InChI is InChI=1S/C14H19ClN2/c15-13-3-1-12(2-4-13)9-17-8-6-14(11-17)5-7-16-10-14/h1-4,16H,5-11H2. The molecule has 2 aliphatic rings. The molecule has 2 aliphatic heterocycles. The number of hydrogen-bond donors (Lipinski definition) is 1. The number of benzene rings is 1. The molecule has 0 bridgehead atoms. The predicted octanol–water partition coefficient (Wildman–Crippen LogP) is 2.53. The second-order valence-electron chi connectivity index (χ2n) is 5.51. The third kappa shape index (κ3) is 2.49. The van der Waals surface area contributed by atoms with Gasteiger partial charge >= 0.3 is 0 Å². The first-order valence-electron chi connectivity index (χ1n) is 6.43. The van der Waals surface area contributed by atoms with Crippen molar-refractivity contribution in [2.24, 2.45) is 5.41 Å². The van der Waals surface area contributed by atoms with Crippen LogP contribution >= 0.6 is 11.6 Å². The summed E-state index contributed by atoms with van der Waals surface area (Å²) in [4.78, 5) is 2.58. The highest BCUT2D eigenvalue weighted by molar-refractivity contribution is 6.30. The minimum Gasteiger partial charge on any atom is -0.316 e.